The zero-order valence-electron chi connectivity index (χ0n) is 14.4. The highest BCUT2D eigenvalue weighted by Crippen LogP contribution is 2.29. The van der Waals surface area contributed by atoms with Gasteiger partial charge in [-0.2, -0.15) is 0 Å². The summed E-state index contributed by atoms with van der Waals surface area (Å²) in [4.78, 5) is 26.1. The topological polar surface area (TPSA) is 55.4 Å². The maximum absolute atomic E-state index is 12.2. The van der Waals surface area contributed by atoms with Crippen LogP contribution in [-0.2, 0) is 22.4 Å². The number of hydrogen-bond donors (Lipinski definition) is 1. The van der Waals surface area contributed by atoms with Crippen LogP contribution in [-0.4, -0.2) is 18.5 Å². The molecule has 1 N–H and O–H groups in total. The SMILES string of the molecule is CC(NC(=O)COC(=O)c1cc2c(s1)CCCCC2)c1ccccc1. The molecule has 0 bridgehead atoms. The summed E-state index contributed by atoms with van der Waals surface area (Å²) in [5.41, 5.74) is 2.29. The van der Waals surface area contributed by atoms with Crippen LogP contribution < -0.4 is 5.32 Å². The molecule has 1 atom stereocenters. The molecule has 0 aliphatic heterocycles. The number of rotatable bonds is 5. The Morgan fingerprint density at radius 3 is 2.72 bits per heavy atom. The average Bonchev–Trinajstić information content (AvgIpc) is 2.91. The van der Waals surface area contributed by atoms with Gasteiger partial charge in [-0.25, -0.2) is 4.79 Å². The fourth-order valence-electron chi connectivity index (χ4n) is 3.08. The van der Waals surface area contributed by atoms with Gasteiger partial charge in [0.1, 0.15) is 4.88 Å². The van der Waals surface area contributed by atoms with E-state index in [1.165, 1.54) is 41.0 Å². The molecule has 1 heterocycles. The second-order valence-electron chi connectivity index (χ2n) is 6.40. The number of fused-ring (bicyclic) bond motifs is 1. The quantitative estimate of drug-likeness (QED) is 0.649. The van der Waals surface area contributed by atoms with Crippen molar-refractivity contribution < 1.29 is 14.3 Å². The number of carbonyl (C=O) groups excluding carboxylic acids is 2. The molecule has 25 heavy (non-hydrogen) atoms. The Labute approximate surface area is 152 Å². The van der Waals surface area contributed by atoms with Crippen molar-refractivity contribution in [2.75, 3.05) is 6.61 Å². The van der Waals surface area contributed by atoms with E-state index in [4.69, 9.17) is 4.74 Å². The van der Waals surface area contributed by atoms with Gasteiger partial charge in [0, 0.05) is 4.88 Å². The Morgan fingerprint density at radius 1 is 1.16 bits per heavy atom. The fourth-order valence-corrected chi connectivity index (χ4v) is 4.23. The normalized spacial score (nSPS) is 14.9. The molecule has 132 valence electrons. The van der Waals surface area contributed by atoms with E-state index < -0.39 is 5.97 Å². The standard InChI is InChI=1S/C20H23NO3S/c1-14(15-8-4-2-5-9-15)21-19(22)13-24-20(23)18-12-16-10-6-3-7-11-17(16)25-18/h2,4-5,8-9,12,14H,3,6-7,10-11,13H2,1H3,(H,21,22). The maximum Gasteiger partial charge on any atom is 0.348 e. The second kappa shape index (κ2) is 8.30. The molecule has 0 saturated carbocycles. The molecule has 4 nitrogen and oxygen atoms in total. The minimum absolute atomic E-state index is 0.120. The number of hydrogen-bond acceptors (Lipinski definition) is 4. The summed E-state index contributed by atoms with van der Waals surface area (Å²) in [6.45, 7) is 1.66. The molecule has 1 aromatic heterocycles. The lowest BCUT2D eigenvalue weighted by Gasteiger charge is -2.14. The molecule has 3 rings (SSSR count). The number of aryl methyl sites for hydroxylation is 2. The molecule has 0 radical (unpaired) electrons. The van der Waals surface area contributed by atoms with Crippen molar-refractivity contribution in [3.05, 3.63) is 57.3 Å². The zero-order chi connectivity index (χ0) is 17.6. The third kappa shape index (κ3) is 4.69. The first-order valence-corrected chi connectivity index (χ1v) is 9.58. The number of amides is 1. The van der Waals surface area contributed by atoms with Gasteiger partial charge in [-0.3, -0.25) is 4.79 Å². The van der Waals surface area contributed by atoms with Crippen LogP contribution in [0.25, 0.3) is 0 Å². The molecule has 1 unspecified atom stereocenters. The second-order valence-corrected chi connectivity index (χ2v) is 7.53. The largest absolute Gasteiger partial charge is 0.451 e. The molecule has 2 aromatic rings. The van der Waals surface area contributed by atoms with Crippen LogP contribution in [0.4, 0.5) is 0 Å². The third-order valence-corrected chi connectivity index (χ3v) is 5.68. The van der Waals surface area contributed by atoms with Crippen LogP contribution in [0.5, 0.6) is 0 Å². The first-order valence-electron chi connectivity index (χ1n) is 8.76. The summed E-state index contributed by atoms with van der Waals surface area (Å²) >= 11 is 1.51. The van der Waals surface area contributed by atoms with Crippen LogP contribution in [0.3, 0.4) is 0 Å². The van der Waals surface area contributed by atoms with Gasteiger partial charge in [0.05, 0.1) is 6.04 Å². The minimum Gasteiger partial charge on any atom is -0.451 e. The fraction of sp³-hybridized carbons (Fsp3) is 0.400. The highest BCUT2D eigenvalue weighted by molar-refractivity contribution is 7.14. The molecule has 0 fully saturated rings. The number of nitrogens with one attached hydrogen (secondary N) is 1. The van der Waals surface area contributed by atoms with E-state index in [1.807, 2.05) is 43.3 Å². The summed E-state index contributed by atoms with van der Waals surface area (Å²) in [7, 11) is 0. The Kier molecular flexibility index (Phi) is 5.87. The number of benzene rings is 1. The first-order chi connectivity index (χ1) is 12.1. The van der Waals surface area contributed by atoms with Crippen LogP contribution in [0, 0.1) is 0 Å². The highest BCUT2D eigenvalue weighted by Gasteiger charge is 2.18. The van der Waals surface area contributed by atoms with Crippen molar-refractivity contribution in [3.8, 4) is 0 Å². The van der Waals surface area contributed by atoms with Gasteiger partial charge in [-0.05, 0) is 49.8 Å². The van der Waals surface area contributed by atoms with Crippen molar-refractivity contribution >= 4 is 23.2 Å². The van der Waals surface area contributed by atoms with Crippen LogP contribution in [0.15, 0.2) is 36.4 Å². The van der Waals surface area contributed by atoms with Gasteiger partial charge >= 0.3 is 5.97 Å². The van der Waals surface area contributed by atoms with Gasteiger partial charge in [0.25, 0.3) is 5.91 Å². The lowest BCUT2D eigenvalue weighted by atomic mass is 10.1. The average molecular weight is 357 g/mol. The van der Waals surface area contributed by atoms with Crippen LogP contribution in [0.2, 0.25) is 0 Å². The van der Waals surface area contributed by atoms with Crippen molar-refractivity contribution in [1.82, 2.24) is 5.32 Å². The lowest BCUT2D eigenvalue weighted by molar-refractivity contribution is -0.124. The first kappa shape index (κ1) is 17.7. The van der Waals surface area contributed by atoms with E-state index in [-0.39, 0.29) is 18.6 Å². The van der Waals surface area contributed by atoms with Gasteiger partial charge in [-0.1, -0.05) is 36.8 Å². The molecule has 5 heteroatoms. The van der Waals surface area contributed by atoms with Crippen LogP contribution in [0.1, 0.15) is 57.9 Å². The molecule has 1 aliphatic carbocycles. The Morgan fingerprint density at radius 2 is 1.92 bits per heavy atom. The van der Waals surface area contributed by atoms with Gasteiger partial charge in [0.15, 0.2) is 6.61 Å². The molecule has 1 aromatic carbocycles. The highest BCUT2D eigenvalue weighted by atomic mass is 32.1. The molecule has 1 amide bonds. The molecule has 1 aliphatic rings. The van der Waals surface area contributed by atoms with E-state index in [1.54, 1.807) is 0 Å². The van der Waals surface area contributed by atoms with Crippen molar-refractivity contribution in [2.24, 2.45) is 0 Å². The molecule has 0 spiro atoms. The Bertz CT molecular complexity index is 715. The molecular formula is C20H23NO3S. The predicted molar refractivity (Wildman–Crippen MR) is 98.9 cm³/mol. The monoisotopic (exact) mass is 357 g/mol. The van der Waals surface area contributed by atoms with Gasteiger partial charge < -0.3 is 10.1 Å². The Hall–Kier alpha value is -2.14. The van der Waals surface area contributed by atoms with Crippen molar-refractivity contribution in [2.45, 2.75) is 45.1 Å². The molecule has 0 saturated heterocycles. The smallest absolute Gasteiger partial charge is 0.348 e. The molecular weight excluding hydrogens is 334 g/mol. The van der Waals surface area contributed by atoms with Gasteiger partial charge in [-0.15, -0.1) is 11.3 Å². The third-order valence-electron chi connectivity index (χ3n) is 4.46. The van der Waals surface area contributed by atoms with E-state index in [0.717, 1.165) is 18.4 Å². The number of esters is 1. The zero-order valence-corrected chi connectivity index (χ0v) is 15.2. The number of ether oxygens (including phenoxy) is 1. The summed E-state index contributed by atoms with van der Waals surface area (Å²) < 4.78 is 5.20. The summed E-state index contributed by atoms with van der Waals surface area (Å²) in [5.74, 6) is -0.691. The van der Waals surface area contributed by atoms with Crippen molar-refractivity contribution in [3.63, 3.8) is 0 Å². The minimum atomic E-state index is -0.402. The maximum atomic E-state index is 12.2. The Balaban J connectivity index is 1.51. The predicted octanol–water partition coefficient (Wildman–Crippen LogP) is 4.05. The van der Waals surface area contributed by atoms with E-state index in [0.29, 0.717) is 4.88 Å². The lowest BCUT2D eigenvalue weighted by Crippen LogP contribution is -2.31. The number of thiophene rings is 1. The van der Waals surface area contributed by atoms with E-state index in [2.05, 4.69) is 5.32 Å². The van der Waals surface area contributed by atoms with E-state index in [9.17, 15) is 9.59 Å². The summed E-state index contributed by atoms with van der Waals surface area (Å²) in [5, 5.41) is 2.85. The van der Waals surface area contributed by atoms with Crippen LogP contribution >= 0.6 is 11.3 Å². The van der Waals surface area contributed by atoms with Crippen molar-refractivity contribution in [1.29, 1.82) is 0 Å². The number of carbonyl (C=O) groups is 2. The summed E-state index contributed by atoms with van der Waals surface area (Å²) in [6, 6.07) is 11.5. The van der Waals surface area contributed by atoms with E-state index >= 15 is 0 Å². The summed E-state index contributed by atoms with van der Waals surface area (Å²) in [6.07, 6.45) is 5.69. The van der Waals surface area contributed by atoms with Gasteiger partial charge in [0.2, 0.25) is 0 Å².